The maximum atomic E-state index is 12.7. The minimum absolute atomic E-state index is 0.163. The van der Waals surface area contributed by atoms with E-state index in [1.165, 1.54) is 11.3 Å². The lowest BCUT2D eigenvalue weighted by atomic mass is 10.2. The number of benzene rings is 2. The van der Waals surface area contributed by atoms with E-state index in [1.807, 2.05) is 61.5 Å². The van der Waals surface area contributed by atoms with Crippen LogP contribution >= 0.6 is 22.9 Å². The third-order valence-electron chi connectivity index (χ3n) is 3.95. The maximum Gasteiger partial charge on any atom is 0.267 e. The standard InChI is InChI=1S/C20H14ClN3OS/c1-12-18(26-20(23-12)13-4-6-15(21)7-5-13)19(25)24-16-8-9-17-14(11-16)3-2-10-22-17/h2-11H,1H3,(H,24,25). The Bertz CT molecular complexity index is 1110. The van der Waals surface area contributed by atoms with Crippen LogP contribution in [0.5, 0.6) is 0 Å². The van der Waals surface area contributed by atoms with E-state index in [9.17, 15) is 4.79 Å². The molecule has 0 radical (unpaired) electrons. The fourth-order valence-corrected chi connectivity index (χ4v) is 3.76. The SMILES string of the molecule is Cc1nc(-c2ccc(Cl)cc2)sc1C(=O)Nc1ccc2ncccc2c1. The van der Waals surface area contributed by atoms with Crippen molar-refractivity contribution >= 4 is 45.4 Å². The first kappa shape index (κ1) is 16.7. The fraction of sp³-hybridized carbons (Fsp3) is 0.0500. The van der Waals surface area contributed by atoms with E-state index in [0.717, 1.165) is 27.2 Å². The molecule has 0 aliphatic heterocycles. The van der Waals surface area contributed by atoms with Crippen LogP contribution in [0.2, 0.25) is 5.02 Å². The second-order valence-corrected chi connectivity index (χ2v) is 7.24. The van der Waals surface area contributed by atoms with E-state index < -0.39 is 0 Å². The van der Waals surface area contributed by atoms with Gasteiger partial charge in [0, 0.05) is 27.9 Å². The summed E-state index contributed by atoms with van der Waals surface area (Å²) >= 11 is 7.30. The number of aromatic nitrogens is 2. The van der Waals surface area contributed by atoms with Gasteiger partial charge in [-0.25, -0.2) is 4.98 Å². The average molecular weight is 380 g/mol. The molecular formula is C20H14ClN3OS. The summed E-state index contributed by atoms with van der Waals surface area (Å²) in [5.74, 6) is -0.163. The van der Waals surface area contributed by atoms with Crippen molar-refractivity contribution in [1.82, 2.24) is 9.97 Å². The van der Waals surface area contributed by atoms with Gasteiger partial charge in [-0.05, 0) is 43.3 Å². The number of nitrogens with zero attached hydrogens (tertiary/aromatic N) is 2. The van der Waals surface area contributed by atoms with Gasteiger partial charge in [-0.15, -0.1) is 11.3 Å². The number of hydrogen-bond donors (Lipinski definition) is 1. The van der Waals surface area contributed by atoms with Gasteiger partial charge in [0.1, 0.15) is 9.88 Å². The molecule has 0 saturated heterocycles. The summed E-state index contributed by atoms with van der Waals surface area (Å²) < 4.78 is 0. The van der Waals surface area contributed by atoms with Crippen LogP contribution in [0.25, 0.3) is 21.5 Å². The molecule has 0 saturated carbocycles. The number of halogens is 1. The average Bonchev–Trinajstić information content (AvgIpc) is 3.04. The normalized spacial score (nSPS) is 10.8. The van der Waals surface area contributed by atoms with Gasteiger partial charge in [-0.1, -0.05) is 29.8 Å². The second-order valence-electron chi connectivity index (χ2n) is 5.81. The number of rotatable bonds is 3. The van der Waals surface area contributed by atoms with E-state index in [2.05, 4.69) is 15.3 Å². The Kier molecular flexibility index (Phi) is 4.41. The highest BCUT2D eigenvalue weighted by atomic mass is 35.5. The van der Waals surface area contributed by atoms with Crippen molar-refractivity contribution in [2.45, 2.75) is 6.92 Å². The summed E-state index contributed by atoms with van der Waals surface area (Å²) in [5, 5.41) is 5.40. The summed E-state index contributed by atoms with van der Waals surface area (Å²) in [6.07, 6.45) is 1.75. The van der Waals surface area contributed by atoms with Gasteiger partial charge in [-0.2, -0.15) is 0 Å². The van der Waals surface area contributed by atoms with Gasteiger partial charge in [-0.3, -0.25) is 9.78 Å². The van der Waals surface area contributed by atoms with Crippen LogP contribution in [0.4, 0.5) is 5.69 Å². The second kappa shape index (κ2) is 6.86. The van der Waals surface area contributed by atoms with Crippen LogP contribution in [-0.2, 0) is 0 Å². The minimum Gasteiger partial charge on any atom is -0.321 e. The molecule has 128 valence electrons. The first-order valence-electron chi connectivity index (χ1n) is 8.00. The Morgan fingerprint density at radius 1 is 1.12 bits per heavy atom. The minimum atomic E-state index is -0.163. The number of carbonyl (C=O) groups excluding carboxylic acids is 1. The first-order valence-corrected chi connectivity index (χ1v) is 9.19. The molecule has 0 spiro atoms. The third kappa shape index (κ3) is 3.31. The number of anilines is 1. The van der Waals surface area contributed by atoms with Crippen molar-refractivity contribution in [3.63, 3.8) is 0 Å². The molecule has 0 aliphatic carbocycles. The molecule has 1 amide bonds. The summed E-state index contributed by atoms with van der Waals surface area (Å²) in [7, 11) is 0. The van der Waals surface area contributed by atoms with Gasteiger partial charge in [0.25, 0.3) is 5.91 Å². The Labute approximate surface area is 159 Å². The number of nitrogens with one attached hydrogen (secondary N) is 1. The lowest BCUT2D eigenvalue weighted by Gasteiger charge is -2.05. The largest absolute Gasteiger partial charge is 0.321 e. The van der Waals surface area contributed by atoms with Gasteiger partial charge in [0.15, 0.2) is 0 Å². The zero-order valence-corrected chi connectivity index (χ0v) is 15.4. The van der Waals surface area contributed by atoms with E-state index in [4.69, 9.17) is 11.6 Å². The predicted molar refractivity (Wildman–Crippen MR) is 107 cm³/mol. The number of fused-ring (bicyclic) bond motifs is 1. The predicted octanol–water partition coefficient (Wildman–Crippen LogP) is 5.57. The highest BCUT2D eigenvalue weighted by molar-refractivity contribution is 7.17. The Hall–Kier alpha value is -2.76. The van der Waals surface area contributed by atoms with Gasteiger partial charge >= 0.3 is 0 Å². The fourth-order valence-electron chi connectivity index (χ4n) is 2.66. The zero-order chi connectivity index (χ0) is 18.1. The van der Waals surface area contributed by atoms with Crippen molar-refractivity contribution in [1.29, 1.82) is 0 Å². The zero-order valence-electron chi connectivity index (χ0n) is 13.9. The molecule has 2 heterocycles. The molecule has 0 unspecified atom stereocenters. The molecule has 2 aromatic heterocycles. The quantitative estimate of drug-likeness (QED) is 0.506. The lowest BCUT2D eigenvalue weighted by Crippen LogP contribution is -2.11. The maximum absolute atomic E-state index is 12.7. The van der Waals surface area contributed by atoms with Crippen LogP contribution in [0.1, 0.15) is 15.4 Å². The molecule has 4 rings (SSSR count). The molecule has 26 heavy (non-hydrogen) atoms. The van der Waals surface area contributed by atoms with Crippen molar-refractivity contribution in [2.24, 2.45) is 0 Å². The molecule has 4 nitrogen and oxygen atoms in total. The molecule has 0 fully saturated rings. The van der Waals surface area contributed by atoms with Crippen molar-refractivity contribution in [2.75, 3.05) is 5.32 Å². The van der Waals surface area contributed by atoms with E-state index >= 15 is 0 Å². The summed E-state index contributed by atoms with van der Waals surface area (Å²) in [6.45, 7) is 1.84. The Morgan fingerprint density at radius 2 is 1.92 bits per heavy atom. The molecular weight excluding hydrogens is 366 g/mol. The number of amides is 1. The topological polar surface area (TPSA) is 54.9 Å². The third-order valence-corrected chi connectivity index (χ3v) is 5.41. The molecule has 1 N–H and O–H groups in total. The Morgan fingerprint density at radius 3 is 2.73 bits per heavy atom. The lowest BCUT2D eigenvalue weighted by molar-refractivity contribution is 0.103. The summed E-state index contributed by atoms with van der Waals surface area (Å²) in [6, 6.07) is 16.9. The Balaban J connectivity index is 1.60. The van der Waals surface area contributed by atoms with E-state index in [1.54, 1.807) is 6.20 Å². The van der Waals surface area contributed by atoms with Gasteiger partial charge in [0.2, 0.25) is 0 Å². The van der Waals surface area contributed by atoms with E-state index in [-0.39, 0.29) is 5.91 Å². The number of carbonyl (C=O) groups is 1. The summed E-state index contributed by atoms with van der Waals surface area (Å²) in [4.78, 5) is 22.1. The van der Waals surface area contributed by atoms with Crippen molar-refractivity contribution in [3.05, 3.63) is 76.4 Å². The smallest absolute Gasteiger partial charge is 0.267 e. The molecule has 4 aromatic rings. The van der Waals surface area contributed by atoms with Crippen LogP contribution in [0.15, 0.2) is 60.8 Å². The van der Waals surface area contributed by atoms with Crippen LogP contribution in [0, 0.1) is 6.92 Å². The number of aryl methyl sites for hydroxylation is 1. The van der Waals surface area contributed by atoms with Crippen LogP contribution < -0.4 is 5.32 Å². The number of thiazole rings is 1. The first-order chi connectivity index (χ1) is 12.6. The van der Waals surface area contributed by atoms with E-state index in [0.29, 0.717) is 15.6 Å². The highest BCUT2D eigenvalue weighted by Gasteiger charge is 2.16. The summed E-state index contributed by atoms with van der Waals surface area (Å²) in [5.41, 5.74) is 3.28. The molecule has 0 bridgehead atoms. The highest BCUT2D eigenvalue weighted by Crippen LogP contribution is 2.29. The number of pyridine rings is 1. The molecule has 6 heteroatoms. The monoisotopic (exact) mass is 379 g/mol. The molecule has 0 aliphatic rings. The van der Waals surface area contributed by atoms with Crippen LogP contribution in [-0.4, -0.2) is 15.9 Å². The van der Waals surface area contributed by atoms with Crippen molar-refractivity contribution < 1.29 is 4.79 Å². The van der Waals surface area contributed by atoms with Crippen molar-refractivity contribution in [3.8, 4) is 10.6 Å². The van der Waals surface area contributed by atoms with Gasteiger partial charge in [0.05, 0.1) is 11.2 Å². The molecule has 0 atom stereocenters. The number of hydrogen-bond acceptors (Lipinski definition) is 4. The van der Waals surface area contributed by atoms with Gasteiger partial charge < -0.3 is 5.32 Å². The molecule has 2 aromatic carbocycles. The van der Waals surface area contributed by atoms with Crippen LogP contribution in [0.3, 0.4) is 0 Å².